The zero-order valence-electron chi connectivity index (χ0n) is 6.55. The number of alkyl halides is 2. The van der Waals surface area contributed by atoms with Gasteiger partial charge in [-0.25, -0.2) is 8.78 Å². The molecule has 4 heteroatoms. The van der Waals surface area contributed by atoms with Crippen LogP contribution >= 0.6 is 0 Å². The van der Waals surface area contributed by atoms with E-state index in [0.717, 1.165) is 0 Å². The van der Waals surface area contributed by atoms with E-state index in [2.05, 4.69) is 0 Å². The van der Waals surface area contributed by atoms with Crippen molar-refractivity contribution in [3.8, 4) is 0 Å². The zero-order chi connectivity index (χ0) is 9.02. The molecular formula is C7H12F2O2. The van der Waals surface area contributed by atoms with Gasteiger partial charge in [-0.2, -0.15) is 0 Å². The van der Waals surface area contributed by atoms with Gasteiger partial charge < -0.3 is 5.11 Å². The molecule has 0 aromatic carbocycles. The summed E-state index contributed by atoms with van der Waals surface area (Å²) in [5.74, 6) is -2.92. The highest BCUT2D eigenvalue weighted by atomic mass is 19.3. The first-order valence-electron chi connectivity index (χ1n) is 3.46. The van der Waals surface area contributed by atoms with Crippen LogP contribution in [0.15, 0.2) is 0 Å². The summed E-state index contributed by atoms with van der Waals surface area (Å²) in [6, 6.07) is 0. The maximum atomic E-state index is 11.9. The summed E-state index contributed by atoms with van der Waals surface area (Å²) >= 11 is 0. The number of carboxylic acid groups (broad SMARTS) is 1. The number of rotatable bonds is 4. The molecule has 0 spiro atoms. The van der Waals surface area contributed by atoms with Crippen LogP contribution in [-0.2, 0) is 4.79 Å². The van der Waals surface area contributed by atoms with Gasteiger partial charge in [-0.1, -0.05) is 13.8 Å². The van der Waals surface area contributed by atoms with Crippen molar-refractivity contribution in [1.29, 1.82) is 0 Å². The van der Waals surface area contributed by atoms with Crippen molar-refractivity contribution >= 4 is 5.97 Å². The van der Waals surface area contributed by atoms with Crippen molar-refractivity contribution < 1.29 is 18.7 Å². The average Bonchev–Trinajstić information content (AvgIpc) is 1.81. The standard InChI is InChI=1S/C7H12F2O2/c1-4(2)3-5(6(8)9)7(10)11/h4-6H,3H2,1-2H3,(H,10,11). The fourth-order valence-corrected chi connectivity index (χ4v) is 0.819. The third kappa shape index (κ3) is 3.91. The van der Waals surface area contributed by atoms with E-state index in [9.17, 15) is 13.6 Å². The maximum Gasteiger partial charge on any atom is 0.312 e. The largest absolute Gasteiger partial charge is 0.481 e. The normalized spacial score (nSPS) is 14.0. The lowest BCUT2D eigenvalue weighted by molar-refractivity contribution is -0.147. The summed E-state index contributed by atoms with van der Waals surface area (Å²) in [6.45, 7) is 3.44. The number of halogens is 2. The molecule has 0 heterocycles. The molecule has 1 atom stereocenters. The summed E-state index contributed by atoms with van der Waals surface area (Å²) in [5, 5.41) is 8.31. The van der Waals surface area contributed by atoms with Crippen molar-refractivity contribution in [2.75, 3.05) is 0 Å². The van der Waals surface area contributed by atoms with Crippen LogP contribution in [0.4, 0.5) is 8.78 Å². The van der Waals surface area contributed by atoms with E-state index in [1.54, 1.807) is 13.8 Å². The number of carbonyl (C=O) groups is 1. The number of hydrogen-bond acceptors (Lipinski definition) is 1. The SMILES string of the molecule is CC(C)CC(C(=O)O)C(F)F. The minimum atomic E-state index is -2.75. The Balaban J connectivity index is 4.01. The van der Waals surface area contributed by atoms with Crippen LogP contribution in [0, 0.1) is 11.8 Å². The van der Waals surface area contributed by atoms with Crippen LogP contribution in [0.3, 0.4) is 0 Å². The van der Waals surface area contributed by atoms with Gasteiger partial charge in [0, 0.05) is 0 Å². The Bertz CT molecular complexity index is 134. The molecule has 0 aliphatic heterocycles. The summed E-state index contributed by atoms with van der Waals surface area (Å²) in [5.41, 5.74) is 0. The molecule has 66 valence electrons. The van der Waals surface area contributed by atoms with Gasteiger partial charge in [0.2, 0.25) is 0 Å². The summed E-state index contributed by atoms with van der Waals surface area (Å²) < 4.78 is 23.9. The van der Waals surface area contributed by atoms with E-state index in [-0.39, 0.29) is 12.3 Å². The van der Waals surface area contributed by atoms with Crippen LogP contribution in [-0.4, -0.2) is 17.5 Å². The second kappa shape index (κ2) is 4.26. The number of aliphatic carboxylic acids is 1. The first-order valence-corrected chi connectivity index (χ1v) is 3.46. The van der Waals surface area contributed by atoms with Crippen LogP contribution in [0.25, 0.3) is 0 Å². The Labute approximate surface area is 64.2 Å². The van der Waals surface area contributed by atoms with Gasteiger partial charge >= 0.3 is 5.97 Å². The zero-order valence-corrected chi connectivity index (χ0v) is 6.55. The maximum absolute atomic E-state index is 11.9. The van der Waals surface area contributed by atoms with Gasteiger partial charge in [0.15, 0.2) is 0 Å². The highest BCUT2D eigenvalue weighted by molar-refractivity contribution is 5.70. The fraction of sp³-hybridized carbons (Fsp3) is 0.857. The van der Waals surface area contributed by atoms with Crippen LogP contribution in [0.5, 0.6) is 0 Å². The van der Waals surface area contributed by atoms with E-state index in [1.165, 1.54) is 0 Å². The Kier molecular flexibility index (Phi) is 4.00. The molecule has 0 saturated heterocycles. The highest BCUT2D eigenvalue weighted by Crippen LogP contribution is 2.19. The molecule has 0 aliphatic rings. The lowest BCUT2D eigenvalue weighted by atomic mass is 9.98. The minimum Gasteiger partial charge on any atom is -0.481 e. The van der Waals surface area contributed by atoms with E-state index < -0.39 is 18.3 Å². The van der Waals surface area contributed by atoms with Gasteiger partial charge in [0.1, 0.15) is 5.92 Å². The van der Waals surface area contributed by atoms with E-state index in [4.69, 9.17) is 5.11 Å². The number of carboxylic acids is 1. The second-order valence-corrected chi connectivity index (χ2v) is 2.91. The first-order chi connectivity index (χ1) is 4.95. The first kappa shape index (κ1) is 10.3. The molecule has 0 aliphatic carbocycles. The molecule has 0 aromatic rings. The molecule has 2 nitrogen and oxygen atoms in total. The Morgan fingerprint density at radius 3 is 2.00 bits per heavy atom. The molecule has 0 amide bonds. The monoisotopic (exact) mass is 166 g/mol. The third-order valence-corrected chi connectivity index (χ3v) is 1.35. The predicted octanol–water partition coefficient (Wildman–Crippen LogP) is 2.00. The van der Waals surface area contributed by atoms with Crippen molar-refractivity contribution in [3.05, 3.63) is 0 Å². The van der Waals surface area contributed by atoms with Crippen LogP contribution in [0.1, 0.15) is 20.3 Å². The van der Waals surface area contributed by atoms with E-state index in [1.807, 2.05) is 0 Å². The molecule has 1 unspecified atom stereocenters. The molecule has 0 radical (unpaired) electrons. The van der Waals surface area contributed by atoms with Crippen LogP contribution in [0.2, 0.25) is 0 Å². The topological polar surface area (TPSA) is 37.3 Å². The van der Waals surface area contributed by atoms with Gasteiger partial charge in [0.05, 0.1) is 0 Å². The van der Waals surface area contributed by atoms with Crippen molar-refractivity contribution in [1.82, 2.24) is 0 Å². The summed E-state index contributed by atoms with van der Waals surface area (Å²) in [7, 11) is 0. The Hall–Kier alpha value is -0.670. The molecule has 11 heavy (non-hydrogen) atoms. The quantitative estimate of drug-likeness (QED) is 0.693. The fourth-order valence-electron chi connectivity index (χ4n) is 0.819. The molecular weight excluding hydrogens is 154 g/mol. The number of hydrogen-bond donors (Lipinski definition) is 1. The second-order valence-electron chi connectivity index (χ2n) is 2.91. The lowest BCUT2D eigenvalue weighted by Crippen LogP contribution is -2.23. The average molecular weight is 166 g/mol. The molecule has 0 rings (SSSR count). The molecule has 0 saturated carbocycles. The smallest absolute Gasteiger partial charge is 0.312 e. The summed E-state index contributed by atoms with van der Waals surface area (Å²) in [6.07, 6.45) is -2.72. The minimum absolute atomic E-state index is 0.00917. The van der Waals surface area contributed by atoms with Crippen molar-refractivity contribution in [2.24, 2.45) is 11.8 Å². The molecule has 0 fully saturated rings. The van der Waals surface area contributed by atoms with Gasteiger partial charge in [-0.15, -0.1) is 0 Å². The molecule has 0 bridgehead atoms. The summed E-state index contributed by atoms with van der Waals surface area (Å²) in [4.78, 5) is 10.2. The molecule has 1 N–H and O–H groups in total. The van der Waals surface area contributed by atoms with Crippen molar-refractivity contribution in [2.45, 2.75) is 26.7 Å². The third-order valence-electron chi connectivity index (χ3n) is 1.35. The van der Waals surface area contributed by atoms with Gasteiger partial charge in [-0.3, -0.25) is 4.79 Å². The predicted molar refractivity (Wildman–Crippen MR) is 36.6 cm³/mol. The van der Waals surface area contributed by atoms with Gasteiger partial charge in [0.25, 0.3) is 6.43 Å². The lowest BCUT2D eigenvalue weighted by Gasteiger charge is -2.12. The molecule has 0 aromatic heterocycles. The van der Waals surface area contributed by atoms with Gasteiger partial charge in [-0.05, 0) is 12.3 Å². The highest BCUT2D eigenvalue weighted by Gasteiger charge is 2.28. The van der Waals surface area contributed by atoms with Crippen LogP contribution < -0.4 is 0 Å². The Morgan fingerprint density at radius 2 is 1.91 bits per heavy atom. The Morgan fingerprint density at radius 1 is 1.45 bits per heavy atom. The van der Waals surface area contributed by atoms with Crippen molar-refractivity contribution in [3.63, 3.8) is 0 Å². The van der Waals surface area contributed by atoms with E-state index in [0.29, 0.717) is 0 Å². The van der Waals surface area contributed by atoms with E-state index >= 15 is 0 Å².